The molecule has 0 unspecified atom stereocenters. The summed E-state index contributed by atoms with van der Waals surface area (Å²) in [4.78, 5) is 14.6. The molecule has 1 aromatic carbocycles. The molecule has 2 aromatic heterocycles. The van der Waals surface area contributed by atoms with Gasteiger partial charge in [0.05, 0.1) is 10.6 Å². The van der Waals surface area contributed by atoms with Crippen LogP contribution >= 0.6 is 11.3 Å². The molecule has 0 saturated carbocycles. The average Bonchev–Trinajstić information content (AvgIpc) is 2.99. The van der Waals surface area contributed by atoms with Crippen molar-refractivity contribution in [1.82, 2.24) is 4.57 Å². The molecular weight excluding hydrogens is 292 g/mol. The van der Waals surface area contributed by atoms with E-state index in [4.69, 9.17) is 5.26 Å². The zero-order valence-electron chi connectivity index (χ0n) is 11.7. The van der Waals surface area contributed by atoms with Crippen molar-refractivity contribution in [3.63, 3.8) is 0 Å². The van der Waals surface area contributed by atoms with Gasteiger partial charge in [0.25, 0.3) is 5.56 Å². The molecule has 4 heteroatoms. The second kappa shape index (κ2) is 4.97. The summed E-state index contributed by atoms with van der Waals surface area (Å²) in [6, 6.07) is 17.8. The molecule has 22 heavy (non-hydrogen) atoms. The quantitative estimate of drug-likeness (QED) is 0.688. The monoisotopic (exact) mass is 304 g/mol. The summed E-state index contributed by atoms with van der Waals surface area (Å²) < 4.78 is 1.84. The molecule has 0 spiro atoms. The van der Waals surface area contributed by atoms with E-state index in [0.717, 1.165) is 28.1 Å². The Kier molecular flexibility index (Phi) is 2.95. The number of hydrogen-bond donors (Lipinski definition) is 0. The van der Waals surface area contributed by atoms with Gasteiger partial charge >= 0.3 is 0 Å². The first-order chi connectivity index (χ1) is 10.8. The van der Waals surface area contributed by atoms with E-state index in [1.54, 1.807) is 0 Å². The number of aryl methyl sites for hydroxylation is 1. The van der Waals surface area contributed by atoms with E-state index in [1.165, 1.54) is 16.9 Å². The van der Waals surface area contributed by atoms with Crippen LogP contribution in [0.15, 0.2) is 53.3 Å². The van der Waals surface area contributed by atoms with Crippen molar-refractivity contribution in [2.75, 3.05) is 0 Å². The molecule has 3 heterocycles. The van der Waals surface area contributed by atoms with Gasteiger partial charge in [-0.3, -0.25) is 4.79 Å². The molecule has 0 N–H and O–H groups in total. The van der Waals surface area contributed by atoms with E-state index in [9.17, 15) is 4.79 Å². The smallest absolute Gasteiger partial charge is 0.258 e. The lowest BCUT2D eigenvalue weighted by Gasteiger charge is -2.19. The number of fused-ring (bicyclic) bond motifs is 3. The minimum Gasteiger partial charge on any atom is -0.307 e. The van der Waals surface area contributed by atoms with Crippen molar-refractivity contribution >= 4 is 11.3 Å². The number of hydrogen-bond acceptors (Lipinski definition) is 3. The van der Waals surface area contributed by atoms with E-state index in [-0.39, 0.29) is 5.56 Å². The minimum atomic E-state index is 0.0428. The lowest BCUT2D eigenvalue weighted by molar-refractivity contribution is 0.664. The summed E-state index contributed by atoms with van der Waals surface area (Å²) in [5.41, 5.74) is 3.81. The van der Waals surface area contributed by atoms with Gasteiger partial charge in [0.15, 0.2) is 0 Å². The predicted molar refractivity (Wildman–Crippen MR) is 87.9 cm³/mol. The summed E-state index contributed by atoms with van der Waals surface area (Å²) >= 11 is 1.47. The number of nitrogens with zero attached hydrogens (tertiary/aromatic N) is 2. The second-order valence-electron chi connectivity index (χ2n) is 5.28. The Balaban J connectivity index is 1.92. The lowest BCUT2D eigenvalue weighted by Crippen LogP contribution is -2.26. The third kappa shape index (κ3) is 1.91. The zero-order valence-corrected chi connectivity index (χ0v) is 12.6. The number of benzene rings is 1. The molecule has 0 aliphatic carbocycles. The Morgan fingerprint density at radius 3 is 2.73 bits per heavy atom. The van der Waals surface area contributed by atoms with Crippen LogP contribution in [0, 0.1) is 11.3 Å². The van der Waals surface area contributed by atoms with Gasteiger partial charge in [0, 0.05) is 12.1 Å². The molecule has 0 amide bonds. The van der Waals surface area contributed by atoms with Gasteiger partial charge in [-0.25, -0.2) is 0 Å². The number of thiophene rings is 1. The van der Waals surface area contributed by atoms with Crippen molar-refractivity contribution in [3.8, 4) is 27.8 Å². The van der Waals surface area contributed by atoms with Crippen molar-refractivity contribution in [2.24, 2.45) is 0 Å². The molecule has 0 saturated heterocycles. The first kappa shape index (κ1) is 13.1. The van der Waals surface area contributed by atoms with Crippen LogP contribution in [-0.4, -0.2) is 4.57 Å². The van der Waals surface area contributed by atoms with Crippen LogP contribution < -0.4 is 5.56 Å². The minimum absolute atomic E-state index is 0.0428. The summed E-state index contributed by atoms with van der Waals surface area (Å²) in [7, 11) is 0. The number of rotatable bonds is 1. The molecule has 0 fully saturated rings. The molecule has 0 bridgehead atoms. The summed E-state index contributed by atoms with van der Waals surface area (Å²) in [5, 5.41) is 9.07. The van der Waals surface area contributed by atoms with Crippen molar-refractivity contribution in [3.05, 3.63) is 69.3 Å². The normalized spacial score (nSPS) is 12.3. The molecule has 0 radical (unpaired) electrons. The highest BCUT2D eigenvalue weighted by Gasteiger charge is 2.21. The van der Waals surface area contributed by atoms with Crippen LogP contribution in [0.25, 0.3) is 21.7 Å². The number of aromatic nitrogens is 1. The fourth-order valence-electron chi connectivity index (χ4n) is 2.95. The predicted octanol–water partition coefficient (Wildman–Crippen LogP) is 3.67. The van der Waals surface area contributed by atoms with Crippen molar-refractivity contribution in [2.45, 2.75) is 13.0 Å². The first-order valence-electron chi connectivity index (χ1n) is 7.10. The van der Waals surface area contributed by atoms with Gasteiger partial charge in [0.2, 0.25) is 0 Å². The Morgan fingerprint density at radius 2 is 1.95 bits per heavy atom. The Hall–Kier alpha value is -2.64. The van der Waals surface area contributed by atoms with Gasteiger partial charge in [-0.15, -0.1) is 11.3 Å². The standard InChI is InChI=1S/C18H12N2OS/c19-11-14-10-13-8-9-20-16(17(13)22-14)7-6-15(18(20)21)12-4-2-1-3-5-12/h1-7,10H,8-9H2. The van der Waals surface area contributed by atoms with Gasteiger partial charge in [-0.1, -0.05) is 30.3 Å². The largest absolute Gasteiger partial charge is 0.307 e. The summed E-state index contributed by atoms with van der Waals surface area (Å²) in [5.74, 6) is 0. The Morgan fingerprint density at radius 1 is 1.14 bits per heavy atom. The Labute approximate surface area is 131 Å². The Bertz CT molecular complexity index is 961. The third-order valence-corrected chi connectivity index (χ3v) is 5.12. The lowest BCUT2D eigenvalue weighted by atomic mass is 10.0. The molecule has 0 atom stereocenters. The molecule has 1 aliphatic rings. The van der Waals surface area contributed by atoms with E-state index < -0.39 is 0 Å². The third-order valence-electron chi connectivity index (χ3n) is 4.02. The molecule has 1 aliphatic heterocycles. The molecular formula is C18H12N2OS. The summed E-state index contributed by atoms with van der Waals surface area (Å²) in [6.07, 6.45) is 0.804. The molecule has 106 valence electrons. The van der Waals surface area contributed by atoms with Crippen LogP contribution in [0.3, 0.4) is 0 Å². The highest BCUT2D eigenvalue weighted by atomic mass is 32.1. The van der Waals surface area contributed by atoms with Crippen LogP contribution in [0.1, 0.15) is 10.4 Å². The highest BCUT2D eigenvalue weighted by molar-refractivity contribution is 7.16. The van der Waals surface area contributed by atoms with Crippen molar-refractivity contribution < 1.29 is 0 Å². The fraction of sp³-hybridized carbons (Fsp3) is 0.111. The van der Waals surface area contributed by atoms with Crippen LogP contribution in [0.4, 0.5) is 0 Å². The van der Waals surface area contributed by atoms with Crippen molar-refractivity contribution in [1.29, 1.82) is 5.26 Å². The van der Waals surface area contributed by atoms with Gasteiger partial charge in [0.1, 0.15) is 10.9 Å². The van der Waals surface area contributed by atoms with Crippen LogP contribution in [0.5, 0.6) is 0 Å². The van der Waals surface area contributed by atoms with E-state index in [1.807, 2.05) is 53.1 Å². The van der Waals surface area contributed by atoms with Gasteiger partial charge in [-0.2, -0.15) is 5.26 Å². The van der Waals surface area contributed by atoms with Gasteiger partial charge in [-0.05, 0) is 35.7 Å². The summed E-state index contributed by atoms with van der Waals surface area (Å²) in [6.45, 7) is 0.670. The number of nitriles is 1. The maximum Gasteiger partial charge on any atom is 0.258 e. The first-order valence-corrected chi connectivity index (χ1v) is 7.92. The average molecular weight is 304 g/mol. The van der Waals surface area contributed by atoms with E-state index >= 15 is 0 Å². The number of pyridine rings is 1. The fourth-order valence-corrected chi connectivity index (χ4v) is 4.00. The zero-order chi connectivity index (χ0) is 15.1. The molecule has 4 rings (SSSR count). The molecule has 3 aromatic rings. The highest BCUT2D eigenvalue weighted by Crippen LogP contribution is 2.36. The van der Waals surface area contributed by atoms with Gasteiger partial charge < -0.3 is 4.57 Å². The van der Waals surface area contributed by atoms with E-state index in [2.05, 4.69) is 6.07 Å². The van der Waals surface area contributed by atoms with Crippen LogP contribution in [0.2, 0.25) is 0 Å². The SMILES string of the molecule is N#Cc1cc2c(s1)-c1ccc(-c3ccccc3)c(=O)n1CC2. The second-order valence-corrected chi connectivity index (χ2v) is 6.33. The van der Waals surface area contributed by atoms with Crippen LogP contribution in [-0.2, 0) is 13.0 Å². The topological polar surface area (TPSA) is 45.8 Å². The molecule has 3 nitrogen and oxygen atoms in total. The van der Waals surface area contributed by atoms with E-state index in [0.29, 0.717) is 11.4 Å². The maximum absolute atomic E-state index is 12.8. The maximum atomic E-state index is 12.8.